The van der Waals surface area contributed by atoms with E-state index in [1.807, 2.05) is 13.8 Å². The number of hydrogen-bond donors (Lipinski definition) is 3. The molecule has 3 N–H and O–H groups in total. The Labute approximate surface area is 190 Å². The number of carbonyl (C=O) groups excluding carboxylic acids is 4. The van der Waals surface area contributed by atoms with Crippen molar-refractivity contribution >= 4 is 29.4 Å². The molecule has 0 fully saturated rings. The molecule has 0 bridgehead atoms. The van der Waals surface area contributed by atoms with Gasteiger partial charge in [0.05, 0.1) is 5.92 Å². The van der Waals surface area contributed by atoms with Gasteiger partial charge in [-0.05, 0) is 30.5 Å². The van der Waals surface area contributed by atoms with Crippen LogP contribution in [0.4, 0.5) is 5.69 Å². The molecule has 3 amide bonds. The summed E-state index contributed by atoms with van der Waals surface area (Å²) in [4.78, 5) is 49.0. The third kappa shape index (κ3) is 8.69. The van der Waals surface area contributed by atoms with Crippen LogP contribution in [0.15, 0.2) is 24.3 Å². The first-order valence-electron chi connectivity index (χ1n) is 10.9. The van der Waals surface area contributed by atoms with E-state index in [4.69, 9.17) is 4.74 Å². The van der Waals surface area contributed by atoms with E-state index in [0.29, 0.717) is 5.69 Å². The minimum Gasteiger partial charge on any atom is -0.461 e. The second-order valence-corrected chi connectivity index (χ2v) is 9.62. The molecule has 0 aliphatic carbocycles. The Morgan fingerprint density at radius 2 is 1.44 bits per heavy atom. The number of benzene rings is 1. The molecule has 32 heavy (non-hydrogen) atoms. The Kier molecular flexibility index (Phi) is 9.87. The van der Waals surface area contributed by atoms with Crippen LogP contribution in [0, 0.1) is 17.3 Å². The highest BCUT2D eigenvalue weighted by atomic mass is 16.5. The molecule has 178 valence electrons. The summed E-state index contributed by atoms with van der Waals surface area (Å²) in [5, 5.41) is 8.18. The maximum Gasteiger partial charge on any atom is 0.308 e. The zero-order valence-electron chi connectivity index (χ0n) is 20.4. The van der Waals surface area contributed by atoms with Gasteiger partial charge in [-0.2, -0.15) is 0 Å². The summed E-state index contributed by atoms with van der Waals surface area (Å²) in [6, 6.07) is 5.36. The van der Waals surface area contributed by atoms with Crippen molar-refractivity contribution in [1.82, 2.24) is 10.6 Å². The number of rotatable bonds is 9. The van der Waals surface area contributed by atoms with Crippen molar-refractivity contribution in [3.8, 4) is 0 Å². The molecular formula is C24H37N3O5. The normalized spacial score (nSPS) is 13.3. The second kappa shape index (κ2) is 11.6. The molecule has 2 unspecified atom stereocenters. The van der Waals surface area contributed by atoms with Crippen LogP contribution in [0.2, 0.25) is 0 Å². The van der Waals surface area contributed by atoms with E-state index in [0.717, 1.165) is 5.56 Å². The van der Waals surface area contributed by atoms with Gasteiger partial charge >= 0.3 is 5.97 Å². The summed E-state index contributed by atoms with van der Waals surface area (Å²) >= 11 is 0. The van der Waals surface area contributed by atoms with Gasteiger partial charge < -0.3 is 20.7 Å². The number of hydrogen-bond acceptors (Lipinski definition) is 5. The standard InChI is InChI=1S/C24H37N3O5/c1-14(2)19(27-23(31)24(6,7)8)21(29)25-16(5)20(28)26-18-11-9-17(10-12-18)13-32-22(30)15(3)4/h9-12,14-16,19H,13H2,1-8H3,(H,25,29)(H,26,28)(H,27,31). The van der Waals surface area contributed by atoms with Crippen molar-refractivity contribution in [2.75, 3.05) is 5.32 Å². The van der Waals surface area contributed by atoms with Gasteiger partial charge in [-0.3, -0.25) is 19.2 Å². The molecule has 1 rings (SSSR count). The van der Waals surface area contributed by atoms with Gasteiger partial charge in [-0.15, -0.1) is 0 Å². The molecular weight excluding hydrogens is 410 g/mol. The van der Waals surface area contributed by atoms with Gasteiger partial charge in [0, 0.05) is 11.1 Å². The summed E-state index contributed by atoms with van der Waals surface area (Å²) in [6.07, 6.45) is 0. The number of nitrogens with one attached hydrogen (secondary N) is 3. The molecule has 0 saturated carbocycles. The maximum absolute atomic E-state index is 12.7. The van der Waals surface area contributed by atoms with E-state index in [-0.39, 0.29) is 36.2 Å². The van der Waals surface area contributed by atoms with Gasteiger partial charge in [0.15, 0.2) is 0 Å². The molecule has 0 saturated heterocycles. The second-order valence-electron chi connectivity index (χ2n) is 9.62. The highest BCUT2D eigenvalue weighted by Crippen LogP contribution is 2.15. The summed E-state index contributed by atoms with van der Waals surface area (Å²) in [7, 11) is 0. The Bertz CT molecular complexity index is 810. The van der Waals surface area contributed by atoms with Gasteiger partial charge in [0.1, 0.15) is 18.7 Å². The molecule has 0 aliphatic rings. The third-order valence-electron chi connectivity index (χ3n) is 4.74. The summed E-state index contributed by atoms with van der Waals surface area (Å²) in [5.41, 5.74) is 0.722. The van der Waals surface area contributed by atoms with Crippen molar-refractivity contribution < 1.29 is 23.9 Å². The molecule has 0 heterocycles. The average molecular weight is 448 g/mol. The fourth-order valence-electron chi connectivity index (χ4n) is 2.52. The van der Waals surface area contributed by atoms with Gasteiger partial charge in [0.2, 0.25) is 17.7 Å². The molecule has 8 nitrogen and oxygen atoms in total. The van der Waals surface area contributed by atoms with E-state index < -0.39 is 23.4 Å². The van der Waals surface area contributed by atoms with E-state index >= 15 is 0 Å². The molecule has 0 aliphatic heterocycles. The Hall–Kier alpha value is -2.90. The number of carbonyl (C=O) groups is 4. The largest absolute Gasteiger partial charge is 0.461 e. The molecule has 2 atom stereocenters. The zero-order chi connectivity index (χ0) is 24.6. The average Bonchev–Trinajstić information content (AvgIpc) is 2.69. The first-order chi connectivity index (χ1) is 14.7. The zero-order valence-corrected chi connectivity index (χ0v) is 20.4. The Morgan fingerprint density at radius 3 is 1.91 bits per heavy atom. The number of anilines is 1. The quantitative estimate of drug-likeness (QED) is 0.504. The molecule has 0 radical (unpaired) electrons. The minimum atomic E-state index is -0.804. The molecule has 0 aromatic heterocycles. The lowest BCUT2D eigenvalue weighted by atomic mass is 9.93. The van der Waals surface area contributed by atoms with E-state index in [2.05, 4.69) is 16.0 Å². The topological polar surface area (TPSA) is 114 Å². The third-order valence-corrected chi connectivity index (χ3v) is 4.74. The lowest BCUT2D eigenvalue weighted by Gasteiger charge is -2.27. The predicted molar refractivity (Wildman–Crippen MR) is 124 cm³/mol. The monoisotopic (exact) mass is 447 g/mol. The smallest absolute Gasteiger partial charge is 0.308 e. The van der Waals surface area contributed by atoms with Gasteiger partial charge in [-0.1, -0.05) is 60.6 Å². The summed E-state index contributed by atoms with van der Waals surface area (Å²) < 4.78 is 5.18. The van der Waals surface area contributed by atoms with Crippen molar-refractivity contribution in [1.29, 1.82) is 0 Å². The molecule has 1 aromatic rings. The number of amides is 3. The predicted octanol–water partition coefficient (Wildman–Crippen LogP) is 3.02. The molecule has 1 aromatic carbocycles. The minimum absolute atomic E-state index is 0.145. The van der Waals surface area contributed by atoms with E-state index in [9.17, 15) is 19.2 Å². The van der Waals surface area contributed by atoms with Crippen LogP contribution in [-0.4, -0.2) is 35.8 Å². The van der Waals surface area contributed by atoms with Gasteiger partial charge in [-0.25, -0.2) is 0 Å². The van der Waals surface area contributed by atoms with Crippen LogP contribution in [0.1, 0.15) is 61.0 Å². The van der Waals surface area contributed by atoms with Crippen molar-refractivity contribution in [3.05, 3.63) is 29.8 Å². The highest BCUT2D eigenvalue weighted by Gasteiger charge is 2.30. The first-order valence-corrected chi connectivity index (χ1v) is 10.9. The van der Waals surface area contributed by atoms with Crippen LogP contribution in [0.3, 0.4) is 0 Å². The van der Waals surface area contributed by atoms with Crippen LogP contribution >= 0.6 is 0 Å². The van der Waals surface area contributed by atoms with Crippen molar-refractivity contribution in [2.24, 2.45) is 17.3 Å². The Morgan fingerprint density at radius 1 is 0.875 bits per heavy atom. The van der Waals surface area contributed by atoms with Crippen LogP contribution in [-0.2, 0) is 30.5 Å². The van der Waals surface area contributed by atoms with Crippen LogP contribution in [0.5, 0.6) is 0 Å². The maximum atomic E-state index is 12.7. The number of esters is 1. The van der Waals surface area contributed by atoms with Gasteiger partial charge in [0.25, 0.3) is 0 Å². The van der Waals surface area contributed by atoms with Crippen molar-refractivity contribution in [3.63, 3.8) is 0 Å². The fourth-order valence-corrected chi connectivity index (χ4v) is 2.52. The fraction of sp³-hybridized carbons (Fsp3) is 0.583. The first kappa shape index (κ1) is 27.1. The molecule has 0 spiro atoms. The summed E-state index contributed by atoms with van der Waals surface area (Å²) in [5.74, 6) is -1.64. The lowest BCUT2D eigenvalue weighted by molar-refractivity contribution is -0.148. The highest BCUT2D eigenvalue weighted by molar-refractivity contribution is 5.98. The molecule has 8 heteroatoms. The number of ether oxygens (including phenoxy) is 1. The SMILES string of the molecule is CC(C)C(=O)OCc1ccc(NC(=O)C(C)NC(=O)C(NC(=O)C(C)(C)C)C(C)C)cc1. The lowest BCUT2D eigenvalue weighted by Crippen LogP contribution is -2.55. The summed E-state index contributed by atoms with van der Waals surface area (Å²) in [6.45, 7) is 14.2. The van der Waals surface area contributed by atoms with Crippen LogP contribution in [0.25, 0.3) is 0 Å². The van der Waals surface area contributed by atoms with E-state index in [1.165, 1.54) is 0 Å². The Balaban J connectivity index is 2.66. The van der Waals surface area contributed by atoms with E-state index in [1.54, 1.807) is 65.8 Å². The van der Waals surface area contributed by atoms with Crippen LogP contribution < -0.4 is 16.0 Å². The van der Waals surface area contributed by atoms with Crippen molar-refractivity contribution in [2.45, 2.75) is 74.1 Å².